The zero-order valence-corrected chi connectivity index (χ0v) is 13.2. The highest BCUT2D eigenvalue weighted by atomic mass is 32.2. The fourth-order valence-electron chi connectivity index (χ4n) is 2.62. The van der Waals surface area contributed by atoms with Crippen LogP contribution in [0, 0.1) is 0 Å². The highest BCUT2D eigenvalue weighted by molar-refractivity contribution is 7.99. The summed E-state index contributed by atoms with van der Waals surface area (Å²) in [6.45, 7) is 0.677. The molecule has 0 aliphatic rings. The molecule has 0 unspecified atom stereocenters. The van der Waals surface area contributed by atoms with Gasteiger partial charge >= 0.3 is 5.69 Å². The van der Waals surface area contributed by atoms with E-state index in [2.05, 4.69) is 9.97 Å². The van der Waals surface area contributed by atoms with Gasteiger partial charge in [-0.2, -0.15) is 0 Å². The molecule has 6 heteroatoms. The maximum atomic E-state index is 12.0. The zero-order valence-electron chi connectivity index (χ0n) is 12.4. The van der Waals surface area contributed by atoms with Gasteiger partial charge in [-0.15, -0.1) is 0 Å². The van der Waals surface area contributed by atoms with E-state index in [-0.39, 0.29) is 5.69 Å². The maximum absolute atomic E-state index is 12.0. The molecule has 0 aliphatic heterocycles. The first-order valence-corrected chi connectivity index (χ1v) is 8.46. The molecule has 0 bridgehead atoms. The molecule has 0 amide bonds. The van der Waals surface area contributed by atoms with Crippen molar-refractivity contribution in [3.8, 4) is 0 Å². The summed E-state index contributed by atoms with van der Waals surface area (Å²) >= 11 is 1.58. The van der Waals surface area contributed by atoms with Gasteiger partial charge in [0.2, 0.25) is 0 Å². The van der Waals surface area contributed by atoms with Crippen molar-refractivity contribution < 1.29 is 4.42 Å². The second-order valence-electron chi connectivity index (χ2n) is 5.25. The molecule has 0 fully saturated rings. The third-order valence-electron chi connectivity index (χ3n) is 3.71. The topological polar surface area (TPSA) is 63.8 Å². The van der Waals surface area contributed by atoms with E-state index in [1.54, 1.807) is 16.3 Å². The predicted octanol–water partition coefficient (Wildman–Crippen LogP) is 3.65. The molecule has 4 aromatic rings. The monoisotopic (exact) mass is 325 g/mol. The number of fused-ring (bicyclic) bond motifs is 2. The number of H-pyrrole nitrogens is 1. The molecule has 0 atom stereocenters. The van der Waals surface area contributed by atoms with E-state index in [4.69, 9.17) is 4.42 Å². The number of nitrogens with one attached hydrogen (secondary N) is 1. The van der Waals surface area contributed by atoms with Gasteiger partial charge in [0.05, 0.1) is 11.0 Å². The number of hydrogen-bond donors (Lipinski definition) is 1. The molecule has 4 rings (SSSR count). The summed E-state index contributed by atoms with van der Waals surface area (Å²) in [6.07, 6.45) is 0.866. The molecule has 0 saturated carbocycles. The third-order valence-corrected chi connectivity index (χ3v) is 4.62. The summed E-state index contributed by atoms with van der Waals surface area (Å²) in [5.74, 6) is 0.846. The summed E-state index contributed by atoms with van der Waals surface area (Å²) in [7, 11) is 0. The molecule has 0 aliphatic carbocycles. The molecule has 2 aromatic heterocycles. The van der Waals surface area contributed by atoms with Crippen LogP contribution < -0.4 is 5.69 Å². The highest BCUT2D eigenvalue weighted by Crippen LogP contribution is 2.23. The van der Waals surface area contributed by atoms with E-state index >= 15 is 0 Å². The summed E-state index contributed by atoms with van der Waals surface area (Å²) in [4.78, 5) is 19.3. The Hall–Kier alpha value is -2.47. The molecule has 0 saturated heterocycles. The van der Waals surface area contributed by atoms with Gasteiger partial charge in [-0.25, -0.2) is 9.78 Å². The number of thioether (sulfide) groups is 1. The van der Waals surface area contributed by atoms with Crippen molar-refractivity contribution in [1.82, 2.24) is 14.5 Å². The molecule has 116 valence electrons. The number of imidazole rings is 1. The Kier molecular flexibility index (Phi) is 3.67. The second kappa shape index (κ2) is 5.96. The van der Waals surface area contributed by atoms with Crippen LogP contribution in [-0.4, -0.2) is 20.3 Å². The van der Waals surface area contributed by atoms with Crippen molar-refractivity contribution in [2.75, 3.05) is 5.75 Å². The number of rotatable bonds is 5. The lowest BCUT2D eigenvalue weighted by atomic mass is 10.3. The molecular weight excluding hydrogens is 310 g/mol. The number of aromatic nitrogens is 3. The van der Waals surface area contributed by atoms with Gasteiger partial charge in [0.1, 0.15) is 5.52 Å². The van der Waals surface area contributed by atoms with Gasteiger partial charge in [0.25, 0.3) is 5.22 Å². The van der Waals surface area contributed by atoms with Crippen LogP contribution >= 0.6 is 11.8 Å². The van der Waals surface area contributed by atoms with E-state index in [9.17, 15) is 4.79 Å². The summed E-state index contributed by atoms with van der Waals surface area (Å²) < 4.78 is 7.46. The molecule has 2 aromatic carbocycles. The second-order valence-corrected chi connectivity index (χ2v) is 6.29. The summed E-state index contributed by atoms with van der Waals surface area (Å²) in [6, 6.07) is 15.5. The Bertz CT molecular complexity index is 982. The number of para-hydroxylation sites is 4. The lowest BCUT2D eigenvalue weighted by Gasteiger charge is -2.02. The van der Waals surface area contributed by atoms with Gasteiger partial charge < -0.3 is 9.40 Å². The van der Waals surface area contributed by atoms with E-state index in [0.29, 0.717) is 11.8 Å². The first-order chi connectivity index (χ1) is 11.3. The number of nitrogens with zero attached hydrogens (tertiary/aromatic N) is 2. The minimum atomic E-state index is -0.0573. The molecule has 1 N–H and O–H groups in total. The highest BCUT2D eigenvalue weighted by Gasteiger charge is 2.07. The van der Waals surface area contributed by atoms with Gasteiger partial charge in [-0.3, -0.25) is 4.57 Å². The van der Waals surface area contributed by atoms with Gasteiger partial charge in [0, 0.05) is 12.3 Å². The predicted molar refractivity (Wildman–Crippen MR) is 91.9 cm³/mol. The fourth-order valence-corrected chi connectivity index (χ4v) is 3.38. The number of oxazole rings is 1. The van der Waals surface area contributed by atoms with E-state index in [0.717, 1.165) is 34.3 Å². The Morgan fingerprint density at radius 2 is 1.96 bits per heavy atom. The van der Waals surface area contributed by atoms with Crippen LogP contribution in [0.2, 0.25) is 0 Å². The minimum absolute atomic E-state index is 0.0573. The SMILES string of the molecule is O=c1[nH]c2ccccc2n1CCCSc1nc2ccccc2o1. The first-order valence-electron chi connectivity index (χ1n) is 7.47. The number of hydrogen-bond acceptors (Lipinski definition) is 4. The molecule has 23 heavy (non-hydrogen) atoms. The van der Waals surface area contributed by atoms with Crippen LogP contribution in [0.4, 0.5) is 0 Å². The van der Waals surface area contributed by atoms with Gasteiger partial charge in [0.15, 0.2) is 5.58 Å². The van der Waals surface area contributed by atoms with Crippen LogP contribution in [0.5, 0.6) is 0 Å². The normalized spacial score (nSPS) is 11.5. The van der Waals surface area contributed by atoms with E-state index in [1.165, 1.54) is 0 Å². The summed E-state index contributed by atoms with van der Waals surface area (Å²) in [5.41, 5.74) is 3.46. The third kappa shape index (κ3) is 2.77. The smallest absolute Gasteiger partial charge is 0.326 e. The standard InChI is InChI=1S/C17H15N3O2S/c21-16-18-12-6-1-3-8-14(12)20(16)10-5-11-23-17-19-13-7-2-4-9-15(13)22-17/h1-4,6-9H,5,10-11H2,(H,18,21). The molecule has 0 radical (unpaired) electrons. The Labute approximate surface area is 136 Å². The maximum Gasteiger partial charge on any atom is 0.326 e. The van der Waals surface area contributed by atoms with Gasteiger partial charge in [-0.1, -0.05) is 36.0 Å². The van der Waals surface area contributed by atoms with Gasteiger partial charge in [-0.05, 0) is 30.7 Å². The Balaban J connectivity index is 1.41. The lowest BCUT2D eigenvalue weighted by Crippen LogP contribution is -2.17. The van der Waals surface area contributed by atoms with Crippen molar-refractivity contribution in [3.63, 3.8) is 0 Å². The minimum Gasteiger partial charge on any atom is -0.431 e. The molecule has 0 spiro atoms. The average Bonchev–Trinajstić information content (AvgIpc) is 3.11. The fraction of sp³-hybridized carbons (Fsp3) is 0.176. The average molecular weight is 325 g/mol. The van der Waals surface area contributed by atoms with Crippen molar-refractivity contribution in [2.45, 2.75) is 18.2 Å². The van der Waals surface area contributed by atoms with Crippen LogP contribution in [-0.2, 0) is 6.54 Å². The summed E-state index contributed by atoms with van der Waals surface area (Å²) in [5, 5.41) is 0.678. The van der Waals surface area contributed by atoms with Crippen LogP contribution in [0.3, 0.4) is 0 Å². The zero-order chi connectivity index (χ0) is 15.6. The van der Waals surface area contributed by atoms with Crippen LogP contribution in [0.15, 0.2) is 63.0 Å². The van der Waals surface area contributed by atoms with Crippen molar-refractivity contribution >= 4 is 33.9 Å². The largest absolute Gasteiger partial charge is 0.431 e. The molecule has 5 nitrogen and oxygen atoms in total. The van der Waals surface area contributed by atoms with Crippen molar-refractivity contribution in [3.05, 3.63) is 59.0 Å². The Morgan fingerprint density at radius 3 is 2.87 bits per heavy atom. The number of aryl methyl sites for hydroxylation is 1. The Morgan fingerprint density at radius 1 is 1.13 bits per heavy atom. The number of aromatic amines is 1. The lowest BCUT2D eigenvalue weighted by molar-refractivity contribution is 0.489. The van der Waals surface area contributed by atoms with Crippen LogP contribution in [0.1, 0.15) is 6.42 Å². The van der Waals surface area contributed by atoms with E-state index in [1.807, 2.05) is 48.5 Å². The molecular formula is C17H15N3O2S. The van der Waals surface area contributed by atoms with Crippen molar-refractivity contribution in [2.24, 2.45) is 0 Å². The van der Waals surface area contributed by atoms with Crippen molar-refractivity contribution in [1.29, 1.82) is 0 Å². The van der Waals surface area contributed by atoms with E-state index < -0.39 is 0 Å². The first kappa shape index (κ1) is 14.1. The quantitative estimate of drug-likeness (QED) is 0.449. The number of benzene rings is 2. The molecule has 2 heterocycles. The van der Waals surface area contributed by atoms with Crippen LogP contribution in [0.25, 0.3) is 22.1 Å².